The van der Waals surface area contributed by atoms with Crippen molar-refractivity contribution in [1.82, 2.24) is 10.6 Å². The second-order valence-electron chi connectivity index (χ2n) is 12.3. The Morgan fingerprint density at radius 2 is 1.71 bits per heavy atom. The molecule has 0 saturated heterocycles. The number of aliphatic hydroxyl groups excluding tert-OH is 1. The van der Waals surface area contributed by atoms with Gasteiger partial charge < -0.3 is 15.7 Å². The fourth-order valence-corrected chi connectivity index (χ4v) is 6.03. The Morgan fingerprint density at radius 3 is 2.34 bits per heavy atom. The zero-order chi connectivity index (χ0) is 27.3. The molecule has 2 aliphatic carbocycles. The highest BCUT2D eigenvalue weighted by Gasteiger charge is 2.37. The number of halogens is 2. The summed E-state index contributed by atoms with van der Waals surface area (Å²) >= 11 is 0. The summed E-state index contributed by atoms with van der Waals surface area (Å²) in [6, 6.07) is 11.8. The van der Waals surface area contributed by atoms with Crippen molar-refractivity contribution in [3.63, 3.8) is 0 Å². The smallest absolute Gasteiger partial charge is 0.126 e. The van der Waals surface area contributed by atoms with Crippen molar-refractivity contribution in [1.29, 1.82) is 0 Å². The number of nitrogens with one attached hydrogen (secondary N) is 2. The quantitative estimate of drug-likeness (QED) is 0.244. The molecular weight excluding hydrogens is 486 g/mol. The molecule has 2 saturated carbocycles. The van der Waals surface area contributed by atoms with Crippen LogP contribution in [-0.4, -0.2) is 37.5 Å². The summed E-state index contributed by atoms with van der Waals surface area (Å²) in [5, 5.41) is 18.7. The molecule has 2 aromatic carbocycles. The third-order valence-electron chi connectivity index (χ3n) is 8.34. The van der Waals surface area contributed by atoms with Crippen molar-refractivity contribution in [3.8, 4) is 0 Å². The molecule has 3 N–H and O–H groups in total. The van der Waals surface area contributed by atoms with Gasteiger partial charge in [-0.2, -0.15) is 0 Å². The second kappa shape index (κ2) is 12.5. The van der Waals surface area contributed by atoms with Gasteiger partial charge in [0.25, 0.3) is 0 Å². The molecule has 0 bridgehead atoms. The van der Waals surface area contributed by atoms with Gasteiger partial charge in [-0.3, -0.25) is 0 Å². The SMILES string of the molecule is COOCC1CC(NC(c2cc(F)cc(F)c2)[C@H](O)CNC2(c3cccc(C(C)(C)C)c3)CCCCC2)C1. The predicted octanol–water partition coefficient (Wildman–Crippen LogP) is 6.06. The Hall–Kier alpha value is -1.90. The molecule has 7 heteroatoms. The van der Waals surface area contributed by atoms with Crippen molar-refractivity contribution in [2.24, 2.45) is 5.92 Å². The van der Waals surface area contributed by atoms with Crippen molar-refractivity contribution >= 4 is 0 Å². The lowest BCUT2D eigenvalue weighted by Crippen LogP contribution is -2.52. The number of hydrogen-bond acceptors (Lipinski definition) is 5. The molecule has 2 aliphatic rings. The normalized spacial score (nSPS) is 23.0. The Labute approximate surface area is 226 Å². The number of aliphatic hydroxyl groups is 1. The minimum atomic E-state index is -0.880. The van der Waals surface area contributed by atoms with Gasteiger partial charge in [-0.25, -0.2) is 18.6 Å². The van der Waals surface area contributed by atoms with Gasteiger partial charge in [0.1, 0.15) is 11.6 Å². The van der Waals surface area contributed by atoms with Crippen LogP contribution in [0.15, 0.2) is 42.5 Å². The maximum atomic E-state index is 14.2. The van der Waals surface area contributed by atoms with Crippen LogP contribution in [0, 0.1) is 17.6 Å². The third kappa shape index (κ3) is 7.19. The summed E-state index contributed by atoms with van der Waals surface area (Å²) in [4.78, 5) is 9.76. The van der Waals surface area contributed by atoms with E-state index in [1.54, 1.807) is 0 Å². The molecule has 38 heavy (non-hydrogen) atoms. The van der Waals surface area contributed by atoms with Gasteiger partial charge in [-0.15, -0.1) is 0 Å². The van der Waals surface area contributed by atoms with Crippen LogP contribution in [0.25, 0.3) is 0 Å². The van der Waals surface area contributed by atoms with Crippen LogP contribution in [0.2, 0.25) is 0 Å². The van der Waals surface area contributed by atoms with Crippen molar-refractivity contribution in [2.75, 3.05) is 20.3 Å². The van der Waals surface area contributed by atoms with E-state index >= 15 is 0 Å². The maximum Gasteiger partial charge on any atom is 0.126 e. The van der Waals surface area contributed by atoms with E-state index in [4.69, 9.17) is 9.78 Å². The highest BCUT2D eigenvalue weighted by molar-refractivity contribution is 5.34. The van der Waals surface area contributed by atoms with Gasteiger partial charge in [0, 0.05) is 24.2 Å². The van der Waals surface area contributed by atoms with E-state index in [1.807, 2.05) is 0 Å². The lowest BCUT2D eigenvalue weighted by molar-refractivity contribution is -0.284. The summed E-state index contributed by atoms with van der Waals surface area (Å²) in [5.41, 5.74) is 2.75. The molecule has 0 radical (unpaired) electrons. The van der Waals surface area contributed by atoms with Gasteiger partial charge in [-0.05, 0) is 65.8 Å². The van der Waals surface area contributed by atoms with E-state index in [0.717, 1.165) is 44.6 Å². The second-order valence-corrected chi connectivity index (χ2v) is 12.3. The Balaban J connectivity index is 1.52. The Kier molecular flexibility index (Phi) is 9.58. The maximum absolute atomic E-state index is 14.2. The van der Waals surface area contributed by atoms with Crippen LogP contribution in [0.1, 0.15) is 88.4 Å². The first-order valence-corrected chi connectivity index (χ1v) is 14.0. The summed E-state index contributed by atoms with van der Waals surface area (Å²) < 4.78 is 28.4. The average Bonchev–Trinajstić information content (AvgIpc) is 2.86. The van der Waals surface area contributed by atoms with Gasteiger partial charge in [0.05, 0.1) is 25.9 Å². The van der Waals surface area contributed by atoms with Gasteiger partial charge in [0.15, 0.2) is 0 Å². The number of rotatable bonds is 11. The first-order chi connectivity index (χ1) is 18.1. The van der Waals surface area contributed by atoms with E-state index in [2.05, 4.69) is 55.7 Å². The molecule has 2 fully saturated rings. The predicted molar refractivity (Wildman–Crippen MR) is 146 cm³/mol. The standard InChI is InChI=1S/C31H44F2N2O3/c1-30(2,3)23-9-8-10-24(17-23)31(11-6-5-7-12-31)34-19-28(36)29(22-15-25(32)18-26(33)16-22)35-27-13-21(14-27)20-38-37-4/h8-10,15-18,21,27-29,34-36H,5-7,11-14,19-20H2,1-4H3/t21?,27?,28-,29?/m1/s1. The zero-order valence-corrected chi connectivity index (χ0v) is 23.2. The number of benzene rings is 2. The van der Waals surface area contributed by atoms with E-state index in [1.165, 1.54) is 36.8 Å². The van der Waals surface area contributed by atoms with Crippen LogP contribution in [-0.2, 0) is 20.7 Å². The highest BCUT2D eigenvalue weighted by Crippen LogP contribution is 2.39. The molecule has 0 aromatic heterocycles. The van der Waals surface area contributed by atoms with E-state index in [9.17, 15) is 13.9 Å². The first-order valence-electron chi connectivity index (χ1n) is 14.0. The zero-order valence-electron chi connectivity index (χ0n) is 23.2. The Morgan fingerprint density at radius 1 is 1.03 bits per heavy atom. The Bertz CT molecular complexity index is 1030. The fraction of sp³-hybridized carbons (Fsp3) is 0.613. The molecule has 5 nitrogen and oxygen atoms in total. The van der Waals surface area contributed by atoms with Crippen molar-refractivity contribution < 1.29 is 23.7 Å². The van der Waals surface area contributed by atoms with Gasteiger partial charge >= 0.3 is 0 Å². The average molecular weight is 531 g/mol. The fourth-order valence-electron chi connectivity index (χ4n) is 6.03. The molecule has 4 rings (SSSR count). The summed E-state index contributed by atoms with van der Waals surface area (Å²) in [5.74, 6) is -0.933. The van der Waals surface area contributed by atoms with E-state index in [-0.39, 0.29) is 17.0 Å². The van der Waals surface area contributed by atoms with Crippen LogP contribution in [0.4, 0.5) is 8.78 Å². The highest BCUT2D eigenvalue weighted by atomic mass is 19.1. The van der Waals surface area contributed by atoms with Gasteiger partial charge in [0.2, 0.25) is 0 Å². The van der Waals surface area contributed by atoms with Crippen LogP contribution in [0.5, 0.6) is 0 Å². The van der Waals surface area contributed by atoms with E-state index < -0.39 is 23.8 Å². The molecule has 0 amide bonds. The molecular formula is C31H44F2N2O3. The molecule has 1 unspecified atom stereocenters. The van der Waals surface area contributed by atoms with Crippen molar-refractivity contribution in [3.05, 3.63) is 70.8 Å². The summed E-state index contributed by atoms with van der Waals surface area (Å²) in [7, 11) is 1.49. The van der Waals surface area contributed by atoms with Crippen LogP contribution < -0.4 is 10.6 Å². The molecule has 210 valence electrons. The topological polar surface area (TPSA) is 62.8 Å². The summed E-state index contributed by atoms with van der Waals surface area (Å²) in [6.07, 6.45) is 6.23. The third-order valence-corrected chi connectivity index (χ3v) is 8.34. The van der Waals surface area contributed by atoms with Crippen LogP contribution in [0.3, 0.4) is 0 Å². The van der Waals surface area contributed by atoms with Crippen molar-refractivity contribution in [2.45, 2.75) is 94.9 Å². The van der Waals surface area contributed by atoms with Gasteiger partial charge in [-0.1, -0.05) is 64.3 Å². The number of hydrogen-bond donors (Lipinski definition) is 3. The minimum absolute atomic E-state index is 0.0385. The lowest BCUT2D eigenvalue weighted by atomic mass is 9.74. The van der Waals surface area contributed by atoms with Crippen LogP contribution >= 0.6 is 0 Å². The first kappa shape index (κ1) is 29.1. The monoisotopic (exact) mass is 530 g/mol. The molecule has 0 aliphatic heterocycles. The largest absolute Gasteiger partial charge is 0.390 e. The van der Waals surface area contributed by atoms with E-state index in [0.29, 0.717) is 24.6 Å². The molecule has 0 heterocycles. The molecule has 0 spiro atoms. The molecule has 2 atom stereocenters. The summed E-state index contributed by atoms with van der Waals surface area (Å²) in [6.45, 7) is 7.47. The molecule has 2 aromatic rings. The lowest BCUT2D eigenvalue weighted by Gasteiger charge is -2.42. The minimum Gasteiger partial charge on any atom is -0.390 e.